The summed E-state index contributed by atoms with van der Waals surface area (Å²) in [5, 5.41) is 21.9. The molecule has 300 valence electrons. The number of nitrogens with zero attached hydrogens (tertiary/aromatic N) is 6. The molecule has 2 aromatic carbocycles. The van der Waals surface area contributed by atoms with Crippen LogP contribution in [0.3, 0.4) is 0 Å². The number of rotatable bonds is 11. The third-order valence-electron chi connectivity index (χ3n) is 10.1. The Labute approximate surface area is 324 Å². The summed E-state index contributed by atoms with van der Waals surface area (Å²) in [7, 11) is -2.32. The number of aromatic amines is 1. The van der Waals surface area contributed by atoms with Crippen LogP contribution >= 0.6 is 11.6 Å². The second-order valence-corrected chi connectivity index (χ2v) is 17.0. The average Bonchev–Trinajstić information content (AvgIpc) is 3.33. The summed E-state index contributed by atoms with van der Waals surface area (Å²) in [6.45, 7) is 2.02. The van der Waals surface area contributed by atoms with Gasteiger partial charge in [0.05, 0.1) is 39.4 Å². The molecule has 3 atom stereocenters. The maximum absolute atomic E-state index is 15.4. The van der Waals surface area contributed by atoms with Crippen LogP contribution in [0.2, 0.25) is 5.02 Å². The minimum atomic E-state index is -3.85. The average molecular weight is 836 g/mol. The van der Waals surface area contributed by atoms with E-state index in [-0.39, 0.29) is 68.4 Å². The van der Waals surface area contributed by atoms with Crippen LogP contribution in [0, 0.1) is 17.6 Å². The lowest BCUT2D eigenvalue weighted by Gasteiger charge is -2.23. The highest BCUT2D eigenvalue weighted by atomic mass is 35.5. The Kier molecular flexibility index (Phi) is 8.93. The summed E-state index contributed by atoms with van der Waals surface area (Å²) in [4.78, 5) is 26.2. The number of imidazole rings is 1. The Morgan fingerprint density at radius 2 is 1.79 bits per heavy atom. The van der Waals surface area contributed by atoms with E-state index in [2.05, 4.69) is 30.2 Å². The number of hydrogen-bond donors (Lipinski definition) is 4. The molecule has 1 saturated carbocycles. The van der Waals surface area contributed by atoms with Crippen molar-refractivity contribution in [3.05, 3.63) is 87.1 Å². The highest BCUT2D eigenvalue weighted by Gasteiger charge is 2.67. The van der Waals surface area contributed by atoms with E-state index in [1.165, 1.54) is 31.6 Å². The summed E-state index contributed by atoms with van der Waals surface area (Å²) in [5.74, 6) is -8.34. The molecule has 4 N–H and O–H groups in total. The predicted octanol–water partition coefficient (Wildman–Crippen LogP) is 6.49. The number of fused-ring (bicyclic) bond motifs is 5. The van der Waals surface area contributed by atoms with Gasteiger partial charge in [-0.25, -0.2) is 35.9 Å². The third-order valence-corrected chi connectivity index (χ3v) is 11.0. The number of pyridine rings is 1. The van der Waals surface area contributed by atoms with Gasteiger partial charge in [-0.05, 0) is 62.4 Å². The van der Waals surface area contributed by atoms with Crippen molar-refractivity contribution in [3.63, 3.8) is 0 Å². The van der Waals surface area contributed by atoms with Crippen LogP contribution in [-0.2, 0) is 46.4 Å². The fraction of sp³-hybridized carbons (Fsp3) is 0.361. The molecule has 6 aromatic rings. The van der Waals surface area contributed by atoms with E-state index < -0.39 is 81.3 Å². The quantitative estimate of drug-likeness (QED) is 0.107. The maximum atomic E-state index is 15.4. The largest absolute Gasteiger partial charge is 0.383 e. The number of hydrogen-bond acceptors (Lipinski definition) is 8. The molecule has 0 saturated heterocycles. The van der Waals surface area contributed by atoms with Gasteiger partial charge in [0.1, 0.15) is 41.0 Å². The van der Waals surface area contributed by atoms with Gasteiger partial charge in [0, 0.05) is 35.7 Å². The second-order valence-electron chi connectivity index (χ2n) is 14.9. The lowest BCUT2D eigenvalue weighted by Crippen LogP contribution is -2.35. The monoisotopic (exact) mass is 835 g/mol. The number of aromatic nitrogens is 7. The van der Waals surface area contributed by atoms with Crippen LogP contribution in [0.5, 0.6) is 0 Å². The van der Waals surface area contributed by atoms with Crippen LogP contribution in [0.4, 0.5) is 32.2 Å². The van der Waals surface area contributed by atoms with Crippen LogP contribution in [-0.4, -0.2) is 60.2 Å². The van der Waals surface area contributed by atoms with Crippen molar-refractivity contribution in [2.75, 3.05) is 11.0 Å². The first-order valence-electron chi connectivity index (χ1n) is 17.4. The molecule has 0 spiro atoms. The summed E-state index contributed by atoms with van der Waals surface area (Å²) < 4.78 is 117. The van der Waals surface area contributed by atoms with Crippen molar-refractivity contribution in [1.82, 2.24) is 39.8 Å². The van der Waals surface area contributed by atoms with Gasteiger partial charge in [0.15, 0.2) is 11.5 Å². The van der Waals surface area contributed by atoms with E-state index in [1.807, 2.05) is 0 Å². The van der Waals surface area contributed by atoms with E-state index in [9.17, 15) is 35.9 Å². The molecule has 8 rings (SSSR count). The molecule has 1 unspecified atom stereocenters. The van der Waals surface area contributed by atoms with Crippen molar-refractivity contribution in [1.29, 1.82) is 0 Å². The van der Waals surface area contributed by atoms with E-state index in [4.69, 9.17) is 16.6 Å². The van der Waals surface area contributed by atoms with Crippen LogP contribution in [0.1, 0.15) is 72.7 Å². The van der Waals surface area contributed by atoms with Gasteiger partial charge in [0.25, 0.3) is 12.3 Å². The van der Waals surface area contributed by atoms with Gasteiger partial charge in [0.2, 0.25) is 15.9 Å². The number of H-pyrrole nitrogens is 1. The number of sulfonamides is 1. The Hall–Kier alpha value is -5.21. The predicted molar refractivity (Wildman–Crippen MR) is 195 cm³/mol. The van der Waals surface area contributed by atoms with Gasteiger partial charge >= 0.3 is 0 Å². The van der Waals surface area contributed by atoms with Gasteiger partial charge in [-0.15, -0.1) is 0 Å². The number of anilines is 1. The molecule has 1 fully saturated rings. The molecule has 4 heterocycles. The normalized spacial score (nSPS) is 18.0. The van der Waals surface area contributed by atoms with E-state index in [1.54, 1.807) is 12.1 Å². The van der Waals surface area contributed by atoms with Gasteiger partial charge in [-0.2, -0.15) is 19.0 Å². The minimum absolute atomic E-state index is 0.0160. The Morgan fingerprint density at radius 3 is 2.44 bits per heavy atom. The number of amides is 1. The van der Waals surface area contributed by atoms with Crippen LogP contribution < -0.4 is 10.0 Å². The molecule has 0 bridgehead atoms. The zero-order valence-electron chi connectivity index (χ0n) is 30.3. The zero-order chi connectivity index (χ0) is 41.1. The standard InChI is InChI=1S/C36H32ClF6N9O4S/c1-35(2,54)34-45-23-12-18(17-5-6-21(37)26-29(17)51(3)49-33(26)50-57(4,55)56)27(46-32(23)47-34)22(9-14-7-15(38)10-16(39)8-14)44-24(53)13-52-30-25(28(48-52)31(40)41)19-11-20(19)36(30,42)43/h5-8,10,12,19-20,22,31,54H,9,11,13H2,1-4H3,(H,44,53)(H,49,50)(H,45,46,47)/t19?,20-,22+/m1/s1. The first-order chi connectivity index (χ1) is 26.6. The Morgan fingerprint density at radius 1 is 1.09 bits per heavy atom. The first-order valence-corrected chi connectivity index (χ1v) is 19.7. The van der Waals surface area contributed by atoms with E-state index in [0.717, 1.165) is 18.4 Å². The number of carbonyl (C=O) groups excluding carboxylic acids is 1. The van der Waals surface area contributed by atoms with Crippen LogP contribution in [0.15, 0.2) is 36.4 Å². The topological polar surface area (TPSA) is 173 Å². The van der Waals surface area contributed by atoms with E-state index >= 15 is 8.78 Å². The molecular weight excluding hydrogens is 804 g/mol. The highest BCUT2D eigenvalue weighted by Crippen LogP contribution is 2.68. The molecule has 13 nitrogen and oxygen atoms in total. The molecule has 1 amide bonds. The Bertz CT molecular complexity index is 2740. The fourth-order valence-corrected chi connectivity index (χ4v) is 8.44. The smallest absolute Gasteiger partial charge is 0.293 e. The number of aliphatic hydroxyl groups is 1. The van der Waals surface area contributed by atoms with E-state index in [0.29, 0.717) is 21.8 Å². The first kappa shape index (κ1) is 38.7. The zero-order valence-corrected chi connectivity index (χ0v) is 31.9. The van der Waals surface area contributed by atoms with Gasteiger partial charge in [-0.3, -0.25) is 18.9 Å². The van der Waals surface area contributed by atoms with Crippen molar-refractivity contribution >= 4 is 55.4 Å². The second kappa shape index (κ2) is 13.2. The number of halogens is 7. The molecule has 2 aliphatic rings. The fourth-order valence-electron chi connectivity index (χ4n) is 7.70. The molecule has 0 radical (unpaired) electrons. The Balaban J connectivity index is 1.31. The molecule has 57 heavy (non-hydrogen) atoms. The molecule has 2 aliphatic carbocycles. The molecule has 0 aliphatic heterocycles. The number of benzene rings is 2. The minimum Gasteiger partial charge on any atom is -0.383 e. The van der Waals surface area contributed by atoms with Crippen molar-refractivity contribution in [2.45, 2.75) is 63.1 Å². The van der Waals surface area contributed by atoms with Gasteiger partial charge in [-0.1, -0.05) is 17.7 Å². The summed E-state index contributed by atoms with van der Waals surface area (Å²) in [5.41, 5.74) is -2.10. The summed E-state index contributed by atoms with van der Waals surface area (Å²) in [6.07, 6.45) is -2.58. The lowest BCUT2D eigenvalue weighted by atomic mass is 9.94. The number of aryl methyl sites for hydroxylation is 1. The van der Waals surface area contributed by atoms with Crippen LogP contribution in [0.25, 0.3) is 33.2 Å². The summed E-state index contributed by atoms with van der Waals surface area (Å²) >= 11 is 6.61. The lowest BCUT2D eigenvalue weighted by molar-refractivity contribution is -0.123. The molecule has 4 aromatic heterocycles. The SMILES string of the molecule is Cn1nc(NS(C)(=O)=O)c2c(Cl)ccc(-c3cc4[nH]c(C(C)(C)O)nc4nc3[C@H](Cc3cc(F)cc(F)c3)NC(=O)Cn3nc(C(F)F)c4c3C(F)(F)[C@@H]3CC43)c21. The van der Waals surface area contributed by atoms with Crippen molar-refractivity contribution in [2.24, 2.45) is 13.0 Å². The highest BCUT2D eigenvalue weighted by molar-refractivity contribution is 7.92. The summed E-state index contributed by atoms with van der Waals surface area (Å²) in [6, 6.07) is 5.97. The van der Waals surface area contributed by atoms with Crippen molar-refractivity contribution < 1.29 is 44.7 Å². The third kappa shape index (κ3) is 6.86. The molecule has 21 heteroatoms. The van der Waals surface area contributed by atoms with Gasteiger partial charge < -0.3 is 15.4 Å². The number of alkyl halides is 4. The number of carbonyl (C=O) groups is 1. The number of nitrogens with one attached hydrogen (secondary N) is 3. The molecular formula is C36H32ClF6N9O4S. The van der Waals surface area contributed by atoms with Crippen molar-refractivity contribution in [3.8, 4) is 11.1 Å². The maximum Gasteiger partial charge on any atom is 0.293 e.